The summed E-state index contributed by atoms with van der Waals surface area (Å²) in [7, 11) is 1.60. The van der Waals surface area contributed by atoms with Crippen molar-refractivity contribution in [3.63, 3.8) is 0 Å². The van der Waals surface area contributed by atoms with Gasteiger partial charge in [0.05, 0.1) is 24.6 Å². The minimum absolute atomic E-state index is 0.132. The van der Waals surface area contributed by atoms with E-state index in [2.05, 4.69) is 15.6 Å². The van der Waals surface area contributed by atoms with Crippen LogP contribution in [0.2, 0.25) is 0 Å². The molecule has 1 atom stereocenters. The van der Waals surface area contributed by atoms with Crippen LogP contribution in [0.5, 0.6) is 5.75 Å². The number of benzene rings is 2. The van der Waals surface area contributed by atoms with Gasteiger partial charge in [0.15, 0.2) is 12.3 Å². The van der Waals surface area contributed by atoms with Crippen LogP contribution < -0.4 is 10.2 Å². The van der Waals surface area contributed by atoms with Gasteiger partial charge in [-0.25, -0.2) is 9.80 Å². The summed E-state index contributed by atoms with van der Waals surface area (Å²) < 4.78 is 16.0. The zero-order valence-electron chi connectivity index (χ0n) is 17.6. The van der Waals surface area contributed by atoms with Gasteiger partial charge in [-0.05, 0) is 54.1 Å². The van der Waals surface area contributed by atoms with Gasteiger partial charge in [0.2, 0.25) is 0 Å². The van der Waals surface area contributed by atoms with Gasteiger partial charge < -0.3 is 13.9 Å². The first kappa shape index (κ1) is 20.4. The van der Waals surface area contributed by atoms with Gasteiger partial charge >= 0.3 is 5.97 Å². The molecule has 3 heterocycles. The quantitative estimate of drug-likeness (QED) is 0.438. The van der Waals surface area contributed by atoms with E-state index in [-0.39, 0.29) is 5.69 Å². The molecule has 0 unspecified atom stereocenters. The molecule has 9 nitrogen and oxygen atoms in total. The number of hydrogen-bond donors (Lipinski definition) is 2. The minimum atomic E-state index is -0.683. The fourth-order valence-electron chi connectivity index (χ4n) is 3.67. The maximum atomic E-state index is 13.0. The smallest absolute Gasteiger partial charge is 0.359 e. The predicted octanol–water partition coefficient (Wildman–Crippen LogP) is 3.45. The molecule has 2 N–H and O–H groups in total. The summed E-state index contributed by atoms with van der Waals surface area (Å²) in [5.74, 6) is 0.178. The number of nitrogens with zero attached hydrogens (tertiary/aromatic N) is 2. The molecule has 0 aliphatic carbocycles. The van der Waals surface area contributed by atoms with Crippen molar-refractivity contribution in [1.82, 2.24) is 20.6 Å². The monoisotopic (exact) mass is 444 g/mol. The zero-order valence-corrected chi connectivity index (χ0v) is 17.6. The molecule has 33 heavy (non-hydrogen) atoms. The van der Waals surface area contributed by atoms with Crippen LogP contribution in [-0.4, -0.2) is 40.8 Å². The highest BCUT2D eigenvalue weighted by atomic mass is 16.5. The topological polar surface area (TPSA) is 110 Å². The van der Waals surface area contributed by atoms with Crippen molar-refractivity contribution in [3.05, 3.63) is 90.0 Å². The number of carbonyl (C=O) groups excluding carboxylic acids is 2. The summed E-state index contributed by atoms with van der Waals surface area (Å²) in [6.45, 7) is -0.464. The van der Waals surface area contributed by atoms with Crippen molar-refractivity contribution >= 4 is 28.5 Å². The van der Waals surface area contributed by atoms with Crippen LogP contribution in [0.4, 0.5) is 0 Å². The Morgan fingerprint density at radius 1 is 1.09 bits per heavy atom. The van der Waals surface area contributed by atoms with Gasteiger partial charge in [0.25, 0.3) is 5.91 Å². The van der Waals surface area contributed by atoms with E-state index in [1.54, 1.807) is 43.7 Å². The average Bonchev–Trinajstić information content (AvgIpc) is 3.61. The van der Waals surface area contributed by atoms with Crippen molar-refractivity contribution in [2.75, 3.05) is 13.7 Å². The van der Waals surface area contributed by atoms with Crippen molar-refractivity contribution in [2.24, 2.45) is 0 Å². The number of amides is 1. The lowest BCUT2D eigenvalue weighted by Crippen LogP contribution is -2.42. The fourth-order valence-corrected chi connectivity index (χ4v) is 3.67. The number of rotatable bonds is 6. The summed E-state index contributed by atoms with van der Waals surface area (Å²) in [4.78, 5) is 25.6. The van der Waals surface area contributed by atoms with E-state index in [0.717, 1.165) is 17.0 Å². The number of aromatic nitrogens is 2. The standard InChI is InChI=1S/C24H20N4O5/c1-31-16-10-8-15(9-11-16)19-13-20(21-7-4-12-32-21)28(27-19)22(29)14-33-24(30)23-17-5-2-3-6-18(17)25-26-23/h2-13,20,27H,14H2,1H3,(H,25,26)/t20-/m1/s1. The largest absolute Gasteiger partial charge is 0.497 e. The van der Waals surface area contributed by atoms with Gasteiger partial charge in [-0.3, -0.25) is 15.3 Å². The number of methoxy groups -OCH3 is 1. The molecule has 0 fully saturated rings. The van der Waals surface area contributed by atoms with Gasteiger partial charge in [-0.1, -0.05) is 18.2 Å². The molecule has 4 aromatic rings. The maximum absolute atomic E-state index is 13.0. The summed E-state index contributed by atoms with van der Waals surface area (Å²) >= 11 is 0. The van der Waals surface area contributed by atoms with Gasteiger partial charge in [-0.2, -0.15) is 5.10 Å². The molecule has 1 aliphatic heterocycles. The minimum Gasteiger partial charge on any atom is -0.497 e. The lowest BCUT2D eigenvalue weighted by molar-refractivity contribution is -0.138. The molecule has 0 saturated carbocycles. The van der Waals surface area contributed by atoms with E-state index in [1.165, 1.54) is 5.01 Å². The first-order chi connectivity index (χ1) is 16.1. The number of fused-ring (bicyclic) bond motifs is 1. The first-order valence-electron chi connectivity index (χ1n) is 10.2. The van der Waals surface area contributed by atoms with E-state index in [1.807, 2.05) is 36.4 Å². The van der Waals surface area contributed by atoms with Crippen LogP contribution in [0.3, 0.4) is 0 Å². The van der Waals surface area contributed by atoms with Gasteiger partial charge in [0.1, 0.15) is 17.6 Å². The van der Waals surface area contributed by atoms with Gasteiger partial charge in [-0.15, -0.1) is 0 Å². The van der Waals surface area contributed by atoms with Crippen LogP contribution in [0.25, 0.3) is 16.6 Å². The number of carbonyl (C=O) groups is 2. The molecule has 0 bridgehead atoms. The van der Waals surface area contributed by atoms with E-state index >= 15 is 0 Å². The number of nitrogens with one attached hydrogen (secondary N) is 2. The Labute approximate surface area is 188 Å². The number of hydrogen-bond acceptors (Lipinski definition) is 7. The number of aromatic amines is 1. The molecule has 166 valence electrons. The second-order valence-corrected chi connectivity index (χ2v) is 7.34. The molecule has 1 aliphatic rings. The SMILES string of the molecule is COc1ccc(C2=C[C@H](c3ccco3)N(C(=O)COC(=O)c3n[nH]c4ccccc34)N2)cc1. The van der Waals surface area contributed by atoms with Crippen LogP contribution in [0, 0.1) is 0 Å². The predicted molar refractivity (Wildman–Crippen MR) is 119 cm³/mol. The Balaban J connectivity index is 1.32. The highest BCUT2D eigenvalue weighted by Gasteiger charge is 2.33. The molecule has 2 aromatic carbocycles. The Morgan fingerprint density at radius 3 is 2.67 bits per heavy atom. The third kappa shape index (κ3) is 3.91. The number of para-hydroxylation sites is 1. The number of H-pyrrole nitrogens is 1. The summed E-state index contributed by atoms with van der Waals surface area (Å²) in [6, 6.07) is 17.7. The Morgan fingerprint density at radius 2 is 1.91 bits per heavy atom. The normalized spacial score (nSPS) is 15.2. The molecule has 1 amide bonds. The molecule has 2 aromatic heterocycles. The first-order valence-corrected chi connectivity index (χ1v) is 10.2. The molecule has 0 saturated heterocycles. The maximum Gasteiger partial charge on any atom is 0.359 e. The third-order valence-electron chi connectivity index (χ3n) is 5.34. The van der Waals surface area contributed by atoms with Crippen LogP contribution >= 0.6 is 0 Å². The Hall–Kier alpha value is -4.53. The molecule has 0 spiro atoms. The lowest BCUT2D eigenvalue weighted by Gasteiger charge is -2.23. The third-order valence-corrected chi connectivity index (χ3v) is 5.34. The van der Waals surface area contributed by atoms with Crippen molar-refractivity contribution in [3.8, 4) is 5.75 Å². The van der Waals surface area contributed by atoms with E-state index in [0.29, 0.717) is 16.7 Å². The number of furan rings is 1. The van der Waals surface area contributed by atoms with Crippen LogP contribution in [-0.2, 0) is 9.53 Å². The van der Waals surface area contributed by atoms with Crippen LogP contribution in [0.1, 0.15) is 27.9 Å². The van der Waals surface area contributed by atoms with E-state index in [4.69, 9.17) is 13.9 Å². The fraction of sp³-hybridized carbons (Fsp3) is 0.125. The summed E-state index contributed by atoms with van der Waals surface area (Å²) in [5.41, 5.74) is 5.53. The summed E-state index contributed by atoms with van der Waals surface area (Å²) in [6.07, 6.45) is 3.42. The van der Waals surface area contributed by atoms with Crippen molar-refractivity contribution in [1.29, 1.82) is 0 Å². The van der Waals surface area contributed by atoms with Gasteiger partial charge in [0, 0.05) is 5.39 Å². The Bertz CT molecular complexity index is 1320. The number of hydrazine groups is 1. The van der Waals surface area contributed by atoms with Crippen LogP contribution in [0.15, 0.2) is 77.4 Å². The van der Waals surface area contributed by atoms with Crippen molar-refractivity contribution in [2.45, 2.75) is 6.04 Å². The van der Waals surface area contributed by atoms with E-state index in [9.17, 15) is 9.59 Å². The van der Waals surface area contributed by atoms with E-state index < -0.39 is 24.5 Å². The molecular weight excluding hydrogens is 424 g/mol. The molecule has 0 radical (unpaired) electrons. The second kappa shape index (κ2) is 8.54. The molecule has 5 rings (SSSR count). The molecular formula is C24H20N4O5. The molecule has 9 heteroatoms. The highest BCUT2D eigenvalue weighted by molar-refractivity contribution is 6.02. The average molecular weight is 444 g/mol. The summed E-state index contributed by atoms with van der Waals surface area (Å²) in [5, 5.41) is 8.81. The lowest BCUT2D eigenvalue weighted by atomic mass is 10.1. The number of ether oxygens (including phenoxy) is 2. The second-order valence-electron chi connectivity index (χ2n) is 7.34. The Kier molecular flexibility index (Phi) is 5.27. The van der Waals surface area contributed by atoms with Crippen molar-refractivity contribution < 1.29 is 23.5 Å². The highest BCUT2D eigenvalue weighted by Crippen LogP contribution is 2.32. The zero-order chi connectivity index (χ0) is 22.8. The number of esters is 1.